The molecule has 0 atom stereocenters. The first kappa shape index (κ1) is 20.2. The van der Waals surface area contributed by atoms with Crippen molar-refractivity contribution in [3.05, 3.63) is 53.2 Å². The summed E-state index contributed by atoms with van der Waals surface area (Å²) in [7, 11) is 2.75. The molecule has 1 aromatic carbocycles. The molecule has 7 nitrogen and oxygen atoms in total. The lowest BCUT2D eigenvalue weighted by atomic mass is 9.88. The van der Waals surface area contributed by atoms with E-state index in [1.165, 1.54) is 19.2 Å². The van der Waals surface area contributed by atoms with Crippen LogP contribution >= 0.6 is 10.7 Å². The lowest BCUT2D eigenvalue weighted by Crippen LogP contribution is -2.04. The Kier molecular flexibility index (Phi) is 5.66. The highest BCUT2D eigenvalue weighted by Crippen LogP contribution is 2.34. The maximum absolute atomic E-state index is 14.4. The molecule has 3 rings (SSSR count). The van der Waals surface area contributed by atoms with Gasteiger partial charge in [-0.2, -0.15) is 0 Å². The molecule has 0 aliphatic heterocycles. The molecule has 0 fully saturated rings. The molecule has 3 aromatic rings. The molecule has 0 saturated carbocycles. The molecule has 0 radical (unpaired) electrons. The molecule has 148 valence electrons. The van der Waals surface area contributed by atoms with Crippen LogP contribution in [0.2, 0.25) is 0 Å². The topological polar surface area (TPSA) is 97.8 Å². The van der Waals surface area contributed by atoms with Crippen LogP contribution in [0.5, 0.6) is 5.88 Å². The van der Waals surface area contributed by atoms with E-state index in [9.17, 15) is 12.8 Å². The van der Waals surface area contributed by atoms with E-state index in [1.54, 1.807) is 18.3 Å². The van der Waals surface area contributed by atoms with Crippen LogP contribution in [0, 0.1) is 5.82 Å². The smallest absolute Gasteiger partial charge is 0.298 e. The Morgan fingerprint density at radius 2 is 2.04 bits per heavy atom. The van der Waals surface area contributed by atoms with E-state index in [-0.39, 0.29) is 18.2 Å². The number of aromatic nitrogens is 4. The summed E-state index contributed by atoms with van der Waals surface area (Å²) in [6.45, 7) is 3.90. The number of pyridine rings is 1. The van der Waals surface area contributed by atoms with Gasteiger partial charge in [-0.25, -0.2) is 22.8 Å². The average molecular weight is 425 g/mol. The maximum Gasteiger partial charge on any atom is 0.298 e. The first-order valence-corrected chi connectivity index (χ1v) is 10.7. The van der Waals surface area contributed by atoms with Gasteiger partial charge < -0.3 is 4.74 Å². The number of hydrogen-bond donors (Lipinski definition) is 1. The first-order valence-electron chi connectivity index (χ1n) is 8.37. The number of benzene rings is 1. The molecule has 2 aromatic heterocycles. The van der Waals surface area contributed by atoms with Crippen LogP contribution in [-0.2, 0) is 15.5 Å². The number of H-pyrrole nitrogens is 1. The first-order chi connectivity index (χ1) is 13.2. The highest BCUT2D eigenvalue weighted by atomic mass is 35.7. The third kappa shape index (κ3) is 4.31. The van der Waals surface area contributed by atoms with Gasteiger partial charge in [-0.3, -0.25) is 5.10 Å². The predicted molar refractivity (Wildman–Crippen MR) is 102 cm³/mol. The third-order valence-electron chi connectivity index (χ3n) is 4.20. The van der Waals surface area contributed by atoms with Gasteiger partial charge in [-0.15, -0.1) is 5.10 Å². The minimum Gasteiger partial charge on any atom is -0.481 e. The zero-order chi connectivity index (χ0) is 20.5. The van der Waals surface area contributed by atoms with Crippen molar-refractivity contribution in [2.75, 3.05) is 7.11 Å². The van der Waals surface area contributed by atoms with Crippen LogP contribution in [0.15, 0.2) is 35.6 Å². The van der Waals surface area contributed by atoms with E-state index >= 15 is 0 Å². The van der Waals surface area contributed by atoms with E-state index in [0.29, 0.717) is 22.8 Å². The van der Waals surface area contributed by atoms with Crippen molar-refractivity contribution < 1.29 is 17.5 Å². The lowest BCUT2D eigenvalue weighted by Gasteiger charge is -2.17. The Bertz CT molecular complexity index is 1120. The molecule has 0 aliphatic rings. The number of hydrogen-bond acceptors (Lipinski definition) is 6. The van der Waals surface area contributed by atoms with Gasteiger partial charge in [-0.05, 0) is 46.4 Å². The van der Waals surface area contributed by atoms with Crippen molar-refractivity contribution in [1.29, 1.82) is 0 Å². The lowest BCUT2D eigenvalue weighted by molar-refractivity contribution is 0.398. The molecular formula is C18H18ClFN4O3S. The van der Waals surface area contributed by atoms with Gasteiger partial charge in [0, 0.05) is 29.4 Å². The van der Waals surface area contributed by atoms with Crippen molar-refractivity contribution in [3.8, 4) is 17.0 Å². The summed E-state index contributed by atoms with van der Waals surface area (Å²) in [5, 5.41) is 5.74. The van der Waals surface area contributed by atoms with E-state index in [0.717, 1.165) is 11.1 Å². The summed E-state index contributed by atoms with van der Waals surface area (Å²) in [5.74, 6) is 0.344. The van der Waals surface area contributed by atoms with Crippen LogP contribution < -0.4 is 4.74 Å². The van der Waals surface area contributed by atoms with Crippen molar-refractivity contribution in [2.45, 2.75) is 31.3 Å². The predicted octanol–water partition coefficient (Wildman–Crippen LogP) is 3.66. The number of halogens is 2. The zero-order valence-corrected chi connectivity index (χ0v) is 17.0. The fourth-order valence-electron chi connectivity index (χ4n) is 2.95. The fourth-order valence-corrected chi connectivity index (χ4v) is 3.53. The molecule has 0 unspecified atom stereocenters. The Morgan fingerprint density at radius 1 is 1.29 bits per heavy atom. The van der Waals surface area contributed by atoms with Crippen molar-refractivity contribution in [1.82, 2.24) is 20.2 Å². The number of ether oxygens (including phenoxy) is 1. The second-order valence-electron chi connectivity index (χ2n) is 6.44. The van der Waals surface area contributed by atoms with Crippen LogP contribution in [0.3, 0.4) is 0 Å². The average Bonchev–Trinajstić information content (AvgIpc) is 3.11. The van der Waals surface area contributed by atoms with Crippen molar-refractivity contribution in [3.63, 3.8) is 0 Å². The standard InChI is InChI=1S/C18H18ClFN4O3S/c1-10(2)13-7-12(20)8-14(11-4-5-21-17(6-11)27-3)15(13)9-16-22-18(24-23-16)28(19,25)26/h4-8,10H,9H2,1-3H3,(H,22,23,24). The van der Waals surface area contributed by atoms with Crippen molar-refractivity contribution >= 4 is 19.7 Å². The van der Waals surface area contributed by atoms with Gasteiger partial charge in [0.05, 0.1) is 7.11 Å². The minimum absolute atomic E-state index is 0.0207. The minimum atomic E-state index is -4.04. The molecule has 10 heteroatoms. The molecular weight excluding hydrogens is 407 g/mol. The quantitative estimate of drug-likeness (QED) is 0.606. The van der Waals surface area contributed by atoms with Crippen LogP contribution in [0.4, 0.5) is 4.39 Å². The summed E-state index contributed by atoms with van der Waals surface area (Å²) >= 11 is 0. The van der Waals surface area contributed by atoms with Gasteiger partial charge in [0.1, 0.15) is 11.6 Å². The van der Waals surface area contributed by atoms with Crippen molar-refractivity contribution in [2.24, 2.45) is 0 Å². The van der Waals surface area contributed by atoms with Gasteiger partial charge in [0.25, 0.3) is 14.2 Å². The van der Waals surface area contributed by atoms with E-state index < -0.39 is 14.2 Å². The Labute approximate surface area is 166 Å². The van der Waals surface area contributed by atoms with Gasteiger partial charge in [0.2, 0.25) is 5.88 Å². The molecule has 0 bridgehead atoms. The molecule has 0 saturated heterocycles. The number of nitrogens with zero attached hydrogens (tertiary/aromatic N) is 3. The number of aromatic amines is 1. The summed E-state index contributed by atoms with van der Waals surface area (Å²) in [6, 6.07) is 6.35. The Balaban J connectivity index is 2.16. The van der Waals surface area contributed by atoms with Gasteiger partial charge in [0.15, 0.2) is 0 Å². The molecule has 1 N–H and O–H groups in total. The van der Waals surface area contributed by atoms with E-state index in [2.05, 4.69) is 20.2 Å². The third-order valence-corrected chi connectivity index (χ3v) is 5.23. The normalized spacial score (nSPS) is 11.8. The highest BCUT2D eigenvalue weighted by Gasteiger charge is 2.20. The molecule has 0 spiro atoms. The Morgan fingerprint density at radius 3 is 2.64 bits per heavy atom. The monoisotopic (exact) mass is 424 g/mol. The summed E-state index contributed by atoms with van der Waals surface area (Å²) in [6.07, 6.45) is 1.79. The summed E-state index contributed by atoms with van der Waals surface area (Å²) in [4.78, 5) is 8.03. The maximum atomic E-state index is 14.4. The SMILES string of the molecule is COc1cc(-c2cc(F)cc(C(C)C)c2Cc2nc(S(=O)(=O)Cl)n[nH]2)ccn1. The molecule has 28 heavy (non-hydrogen) atoms. The summed E-state index contributed by atoms with van der Waals surface area (Å²) < 4.78 is 42.4. The molecule has 0 aliphatic carbocycles. The highest BCUT2D eigenvalue weighted by molar-refractivity contribution is 8.13. The number of nitrogens with one attached hydrogen (secondary N) is 1. The molecule has 0 amide bonds. The van der Waals surface area contributed by atoms with E-state index in [1.807, 2.05) is 13.8 Å². The van der Waals surface area contributed by atoms with Gasteiger partial charge >= 0.3 is 0 Å². The second-order valence-corrected chi connectivity index (χ2v) is 8.90. The van der Waals surface area contributed by atoms with E-state index in [4.69, 9.17) is 15.4 Å². The van der Waals surface area contributed by atoms with Crippen LogP contribution in [0.25, 0.3) is 11.1 Å². The van der Waals surface area contributed by atoms with Crippen LogP contribution in [0.1, 0.15) is 36.7 Å². The fraction of sp³-hybridized carbons (Fsp3) is 0.278. The van der Waals surface area contributed by atoms with Crippen LogP contribution in [-0.4, -0.2) is 35.7 Å². The molecule has 2 heterocycles. The Hall–Kier alpha value is -2.52. The van der Waals surface area contributed by atoms with Gasteiger partial charge in [-0.1, -0.05) is 13.8 Å². The second kappa shape index (κ2) is 7.84. The number of methoxy groups -OCH3 is 1. The largest absolute Gasteiger partial charge is 0.481 e. The number of rotatable bonds is 6. The zero-order valence-electron chi connectivity index (χ0n) is 15.4. The summed E-state index contributed by atoms with van der Waals surface area (Å²) in [5.41, 5.74) is 2.92.